The number of carbonyl (C=O) groups is 3. The van der Waals surface area contributed by atoms with Crippen molar-refractivity contribution in [1.29, 1.82) is 5.26 Å². The molecule has 1 N–H and O–H groups in total. The summed E-state index contributed by atoms with van der Waals surface area (Å²) in [5.41, 5.74) is -1.80. The van der Waals surface area contributed by atoms with Crippen LogP contribution in [0.4, 0.5) is 13.2 Å². The largest absolute Gasteiger partial charge is 0.403 e. The molecule has 1 aliphatic heterocycles. The molecule has 2 saturated carbocycles. The molecule has 5 rings (SSSR count). The lowest BCUT2D eigenvalue weighted by atomic mass is 9.99. The molecule has 8 nitrogen and oxygen atoms in total. The molecule has 0 bridgehead atoms. The lowest BCUT2D eigenvalue weighted by Crippen LogP contribution is -2.53. The Morgan fingerprint density at radius 1 is 1.12 bits per heavy atom. The first-order chi connectivity index (χ1) is 18.8. The number of sulfone groups is 1. The highest BCUT2D eigenvalue weighted by molar-refractivity contribution is 7.92. The van der Waals surface area contributed by atoms with E-state index < -0.39 is 75.9 Å². The van der Waals surface area contributed by atoms with Crippen molar-refractivity contribution >= 4 is 27.9 Å². The van der Waals surface area contributed by atoms with Gasteiger partial charge in [0.25, 0.3) is 0 Å². The summed E-state index contributed by atoms with van der Waals surface area (Å²) in [7, 11) is -4.20. The fourth-order valence-electron chi connectivity index (χ4n) is 5.40. The zero-order valence-electron chi connectivity index (χ0n) is 21.5. The van der Waals surface area contributed by atoms with Gasteiger partial charge in [0, 0.05) is 12.1 Å². The van der Waals surface area contributed by atoms with Gasteiger partial charge in [0.1, 0.15) is 17.0 Å². The Morgan fingerprint density at radius 2 is 1.80 bits per heavy atom. The molecule has 1 heterocycles. The number of aldehydes is 1. The molecular weight excluding hydrogens is 547 g/mol. The fraction of sp³-hybridized carbons (Fsp3) is 0.429. The van der Waals surface area contributed by atoms with Gasteiger partial charge >= 0.3 is 6.18 Å². The monoisotopic (exact) mass is 573 g/mol. The number of rotatable bonds is 7. The van der Waals surface area contributed by atoms with Crippen molar-refractivity contribution < 1.29 is 36.0 Å². The quantitative estimate of drug-likeness (QED) is 0.504. The van der Waals surface area contributed by atoms with Gasteiger partial charge in [-0.1, -0.05) is 36.4 Å². The van der Waals surface area contributed by atoms with Crippen LogP contribution >= 0.6 is 0 Å². The number of carbonyl (C=O) groups excluding carboxylic acids is 3. The minimum Gasteiger partial charge on any atom is -0.336 e. The Hall–Kier alpha value is -3.72. The van der Waals surface area contributed by atoms with E-state index in [1.807, 2.05) is 6.07 Å². The van der Waals surface area contributed by atoms with Gasteiger partial charge in [-0.3, -0.25) is 14.4 Å². The summed E-state index contributed by atoms with van der Waals surface area (Å²) < 4.78 is 69.0. The number of hydrogen-bond donors (Lipinski definition) is 1. The molecule has 2 aromatic rings. The van der Waals surface area contributed by atoms with Crippen LogP contribution in [0.25, 0.3) is 11.1 Å². The summed E-state index contributed by atoms with van der Waals surface area (Å²) in [6, 6.07) is 11.8. The first-order valence-corrected chi connectivity index (χ1v) is 14.3. The highest BCUT2D eigenvalue weighted by Gasteiger charge is 2.70. The van der Waals surface area contributed by atoms with E-state index in [-0.39, 0.29) is 4.90 Å². The van der Waals surface area contributed by atoms with Crippen LogP contribution in [0.3, 0.4) is 0 Å². The number of halogens is 3. The Morgan fingerprint density at radius 3 is 2.35 bits per heavy atom. The summed E-state index contributed by atoms with van der Waals surface area (Å²) in [6.07, 6.45) is -4.67. The molecule has 2 aliphatic carbocycles. The van der Waals surface area contributed by atoms with Gasteiger partial charge in [0.05, 0.1) is 16.2 Å². The van der Waals surface area contributed by atoms with E-state index in [1.165, 1.54) is 12.1 Å². The second-order valence-corrected chi connectivity index (χ2v) is 13.0. The molecule has 3 aliphatic rings. The maximum atomic E-state index is 13.8. The molecule has 2 amide bonds. The highest BCUT2D eigenvalue weighted by Crippen LogP contribution is 2.59. The second-order valence-electron chi connectivity index (χ2n) is 10.8. The van der Waals surface area contributed by atoms with E-state index in [1.54, 1.807) is 37.3 Å². The van der Waals surface area contributed by atoms with Gasteiger partial charge in [-0.15, -0.1) is 0 Å². The highest BCUT2D eigenvalue weighted by atomic mass is 32.2. The van der Waals surface area contributed by atoms with E-state index in [0.717, 1.165) is 4.90 Å². The molecule has 0 aromatic heterocycles. The number of likely N-dealkylation sites (tertiary alicyclic amines) is 1. The van der Waals surface area contributed by atoms with Crippen molar-refractivity contribution in [2.75, 3.05) is 6.54 Å². The lowest BCUT2D eigenvalue weighted by Gasteiger charge is -2.29. The van der Waals surface area contributed by atoms with Gasteiger partial charge in [0.2, 0.25) is 11.8 Å². The molecule has 2 atom stereocenters. The topological polar surface area (TPSA) is 124 Å². The van der Waals surface area contributed by atoms with E-state index in [0.29, 0.717) is 41.4 Å². The normalized spacial score (nSPS) is 22.7. The third kappa shape index (κ3) is 4.56. The SMILES string of the molecule is Cc1cc(-c2ccccc2C=O)ccc1S(=O)(=O)C1CC(C(=O)NC2(C#N)CC2)N(C(=O)C2(C(F)(F)F)CC2)C1. The first-order valence-electron chi connectivity index (χ1n) is 12.8. The molecule has 0 radical (unpaired) electrons. The Labute approximate surface area is 229 Å². The Balaban J connectivity index is 1.47. The van der Waals surface area contributed by atoms with Crippen molar-refractivity contribution in [1.82, 2.24) is 10.2 Å². The van der Waals surface area contributed by atoms with Crippen molar-refractivity contribution in [2.24, 2.45) is 5.41 Å². The van der Waals surface area contributed by atoms with E-state index in [4.69, 9.17) is 0 Å². The maximum absolute atomic E-state index is 13.8. The molecule has 2 unspecified atom stereocenters. The van der Waals surface area contributed by atoms with Gasteiger partial charge in [-0.25, -0.2) is 8.42 Å². The minimum atomic E-state index is -4.84. The third-order valence-electron chi connectivity index (χ3n) is 8.17. The van der Waals surface area contributed by atoms with Gasteiger partial charge < -0.3 is 10.2 Å². The Bertz CT molecular complexity index is 1560. The third-order valence-corrected chi connectivity index (χ3v) is 10.5. The predicted octanol–water partition coefficient (Wildman–Crippen LogP) is 3.73. The molecule has 3 fully saturated rings. The van der Waals surface area contributed by atoms with Crippen LogP contribution in [-0.2, 0) is 19.4 Å². The Kier molecular flexibility index (Phi) is 6.57. The van der Waals surface area contributed by atoms with Gasteiger partial charge in [-0.2, -0.15) is 18.4 Å². The van der Waals surface area contributed by atoms with Gasteiger partial charge in [-0.05, 0) is 61.8 Å². The van der Waals surface area contributed by atoms with Gasteiger partial charge in [0.15, 0.2) is 16.1 Å². The molecule has 2 aromatic carbocycles. The number of nitrogens with one attached hydrogen (secondary N) is 1. The van der Waals surface area contributed by atoms with Crippen LogP contribution in [-0.4, -0.2) is 61.0 Å². The number of alkyl halides is 3. The number of amides is 2. The summed E-state index contributed by atoms with van der Waals surface area (Å²) in [5.74, 6) is -2.14. The van der Waals surface area contributed by atoms with Crippen molar-refractivity contribution in [3.63, 3.8) is 0 Å². The summed E-state index contributed by atoms with van der Waals surface area (Å²) >= 11 is 0. The summed E-state index contributed by atoms with van der Waals surface area (Å²) in [5, 5.41) is 10.5. The van der Waals surface area contributed by atoms with Crippen molar-refractivity contribution in [3.05, 3.63) is 53.6 Å². The van der Waals surface area contributed by atoms with Crippen LogP contribution in [0, 0.1) is 23.7 Å². The number of benzene rings is 2. The molecule has 210 valence electrons. The molecule has 1 saturated heterocycles. The number of nitriles is 1. The zero-order chi connectivity index (χ0) is 29.1. The van der Waals surface area contributed by atoms with Crippen LogP contribution in [0.5, 0.6) is 0 Å². The second kappa shape index (κ2) is 9.44. The number of nitrogens with zero attached hydrogens (tertiary/aromatic N) is 2. The van der Waals surface area contributed by atoms with Crippen molar-refractivity contribution in [2.45, 2.75) is 66.9 Å². The van der Waals surface area contributed by atoms with Crippen LogP contribution in [0.15, 0.2) is 47.4 Å². The summed E-state index contributed by atoms with van der Waals surface area (Å²) in [4.78, 5) is 38.5. The summed E-state index contributed by atoms with van der Waals surface area (Å²) in [6.45, 7) is 0.986. The standard InChI is InChI=1S/C28H26F3N3O5S/c1-17-12-18(21-5-3-2-4-19(21)15-35)6-7-23(17)40(38,39)20-13-22(24(36)33-26(16-32)8-9-26)34(14-20)25(37)27(10-11-27)28(29,30)31/h2-7,12,15,20,22H,8-11,13-14H2,1H3,(H,33,36). The smallest absolute Gasteiger partial charge is 0.336 e. The zero-order valence-corrected chi connectivity index (χ0v) is 22.3. The van der Waals surface area contributed by atoms with Crippen molar-refractivity contribution in [3.8, 4) is 17.2 Å². The first kappa shape index (κ1) is 27.8. The maximum Gasteiger partial charge on any atom is 0.403 e. The average molecular weight is 574 g/mol. The van der Waals surface area contributed by atoms with Crippen LogP contribution in [0.2, 0.25) is 0 Å². The van der Waals surface area contributed by atoms with E-state index >= 15 is 0 Å². The molecule has 12 heteroatoms. The lowest BCUT2D eigenvalue weighted by molar-refractivity contribution is -0.199. The average Bonchev–Trinajstić information content (AvgIpc) is 3.84. The molecule has 40 heavy (non-hydrogen) atoms. The number of aryl methyl sites for hydroxylation is 1. The molecular formula is C28H26F3N3O5S. The molecule has 0 spiro atoms. The fourth-order valence-corrected chi connectivity index (χ4v) is 7.32. The minimum absolute atomic E-state index is 0.0778. The van der Waals surface area contributed by atoms with E-state index in [9.17, 15) is 41.2 Å². The predicted molar refractivity (Wildman–Crippen MR) is 137 cm³/mol. The van der Waals surface area contributed by atoms with E-state index in [2.05, 4.69) is 5.32 Å². The van der Waals surface area contributed by atoms with Crippen LogP contribution < -0.4 is 5.32 Å². The number of hydrogen-bond acceptors (Lipinski definition) is 6. The van der Waals surface area contributed by atoms with Crippen LogP contribution in [0.1, 0.15) is 48.0 Å².